The van der Waals surface area contributed by atoms with Gasteiger partial charge in [0.1, 0.15) is 5.75 Å². The van der Waals surface area contributed by atoms with Gasteiger partial charge in [0.05, 0.1) is 5.69 Å². The monoisotopic (exact) mass is 272 g/mol. The molecule has 0 aliphatic heterocycles. The zero-order valence-electron chi connectivity index (χ0n) is 12.1. The van der Waals surface area contributed by atoms with Crippen LogP contribution in [0.4, 0.5) is 5.69 Å². The maximum absolute atomic E-state index is 11.5. The molecule has 2 N–H and O–H groups in total. The summed E-state index contributed by atoms with van der Waals surface area (Å²) in [5.41, 5.74) is 3.77. The Morgan fingerprint density at radius 2 is 1.85 bits per heavy atom. The van der Waals surface area contributed by atoms with Gasteiger partial charge >= 0.3 is 0 Å². The number of benzene rings is 1. The molecule has 1 aromatic carbocycles. The van der Waals surface area contributed by atoms with Crippen LogP contribution in [0.25, 0.3) is 0 Å². The molecule has 0 aliphatic carbocycles. The number of rotatable bonds is 4. The highest BCUT2D eigenvalue weighted by Crippen LogP contribution is 2.23. The van der Waals surface area contributed by atoms with Crippen LogP contribution < -0.4 is 10.9 Å². The molecule has 20 heavy (non-hydrogen) atoms. The Hall–Kier alpha value is -2.23. The lowest BCUT2D eigenvalue weighted by Crippen LogP contribution is -2.17. The molecule has 0 atom stereocenters. The smallest absolute Gasteiger partial charge is 0.250 e. The number of aromatic hydroxyl groups is 1. The Balaban J connectivity index is 2.15. The number of aromatic nitrogens is 1. The van der Waals surface area contributed by atoms with Crippen LogP contribution in [-0.4, -0.2) is 9.67 Å². The molecule has 2 rings (SSSR count). The summed E-state index contributed by atoms with van der Waals surface area (Å²) < 4.78 is 1.66. The van der Waals surface area contributed by atoms with Crippen molar-refractivity contribution in [1.82, 2.24) is 4.57 Å². The number of nitrogens with zero attached hydrogens (tertiary/aromatic N) is 1. The van der Waals surface area contributed by atoms with E-state index >= 15 is 0 Å². The van der Waals surface area contributed by atoms with Crippen molar-refractivity contribution in [3.8, 4) is 5.75 Å². The summed E-state index contributed by atoms with van der Waals surface area (Å²) in [4.78, 5) is 11.5. The van der Waals surface area contributed by atoms with Gasteiger partial charge in [-0.15, -0.1) is 0 Å². The second-order valence-electron chi connectivity index (χ2n) is 4.97. The van der Waals surface area contributed by atoms with Crippen molar-refractivity contribution < 1.29 is 5.11 Å². The van der Waals surface area contributed by atoms with Gasteiger partial charge in [-0.1, -0.05) is 12.1 Å². The maximum Gasteiger partial charge on any atom is 0.250 e. The van der Waals surface area contributed by atoms with Crippen LogP contribution in [0.3, 0.4) is 0 Å². The fourth-order valence-corrected chi connectivity index (χ4v) is 2.23. The topological polar surface area (TPSA) is 54.3 Å². The molecule has 0 aliphatic rings. The molecule has 0 spiro atoms. The Labute approximate surface area is 118 Å². The van der Waals surface area contributed by atoms with Crippen LogP contribution in [-0.2, 0) is 13.1 Å². The quantitative estimate of drug-likeness (QED) is 0.900. The highest BCUT2D eigenvalue weighted by molar-refractivity contribution is 5.45. The van der Waals surface area contributed by atoms with E-state index in [1.807, 2.05) is 39.1 Å². The summed E-state index contributed by atoms with van der Waals surface area (Å²) >= 11 is 0. The van der Waals surface area contributed by atoms with E-state index in [4.69, 9.17) is 0 Å². The molecule has 0 unspecified atom stereocenters. The molecule has 0 saturated heterocycles. The van der Waals surface area contributed by atoms with E-state index in [-0.39, 0.29) is 5.56 Å². The van der Waals surface area contributed by atoms with Crippen molar-refractivity contribution in [3.63, 3.8) is 0 Å². The average Bonchev–Trinajstić information content (AvgIpc) is 2.43. The lowest BCUT2D eigenvalue weighted by atomic mass is 10.1. The van der Waals surface area contributed by atoms with Crippen molar-refractivity contribution in [3.05, 3.63) is 57.5 Å². The summed E-state index contributed by atoms with van der Waals surface area (Å²) in [5, 5.41) is 13.1. The summed E-state index contributed by atoms with van der Waals surface area (Å²) in [6.07, 6.45) is 1.82. The van der Waals surface area contributed by atoms with Crippen LogP contribution in [0.15, 0.2) is 35.3 Å². The zero-order chi connectivity index (χ0) is 14.7. The second-order valence-corrected chi connectivity index (χ2v) is 4.97. The second kappa shape index (κ2) is 5.82. The van der Waals surface area contributed by atoms with Crippen LogP contribution in [0.5, 0.6) is 5.75 Å². The van der Waals surface area contributed by atoms with E-state index in [2.05, 4.69) is 5.32 Å². The van der Waals surface area contributed by atoms with Crippen molar-refractivity contribution in [2.75, 3.05) is 5.32 Å². The Morgan fingerprint density at radius 1 is 1.20 bits per heavy atom. The molecule has 0 amide bonds. The molecule has 0 radical (unpaired) electrons. The van der Waals surface area contributed by atoms with Crippen LogP contribution >= 0.6 is 0 Å². The third-order valence-electron chi connectivity index (χ3n) is 3.37. The van der Waals surface area contributed by atoms with Crippen LogP contribution in [0.2, 0.25) is 0 Å². The lowest BCUT2D eigenvalue weighted by molar-refractivity contribution is 0.466. The molecule has 1 aromatic heterocycles. The largest absolute Gasteiger partial charge is 0.507 e. The summed E-state index contributed by atoms with van der Waals surface area (Å²) in [6.45, 7) is 7.04. The van der Waals surface area contributed by atoms with Gasteiger partial charge in [-0.25, -0.2) is 0 Å². The normalized spacial score (nSPS) is 10.6. The highest BCUT2D eigenvalue weighted by atomic mass is 16.3. The van der Waals surface area contributed by atoms with Crippen molar-refractivity contribution in [2.24, 2.45) is 0 Å². The molecule has 4 nitrogen and oxygen atoms in total. The van der Waals surface area contributed by atoms with Gasteiger partial charge < -0.3 is 15.0 Å². The molecule has 0 saturated carbocycles. The van der Waals surface area contributed by atoms with Crippen LogP contribution in [0, 0.1) is 13.8 Å². The first-order valence-corrected chi connectivity index (χ1v) is 6.74. The van der Waals surface area contributed by atoms with Gasteiger partial charge in [0.25, 0.3) is 5.56 Å². The van der Waals surface area contributed by atoms with Crippen molar-refractivity contribution in [2.45, 2.75) is 33.9 Å². The molecular weight excluding hydrogens is 252 g/mol. The average molecular weight is 272 g/mol. The van der Waals surface area contributed by atoms with Crippen LogP contribution in [0.1, 0.15) is 23.6 Å². The SMILES string of the molecule is CCn1cc(NCc2cc(C)c(O)c(C)c2)ccc1=O. The number of hydrogen-bond donors (Lipinski definition) is 2. The molecule has 1 heterocycles. The summed E-state index contributed by atoms with van der Waals surface area (Å²) in [7, 11) is 0. The number of aryl methyl sites for hydroxylation is 3. The summed E-state index contributed by atoms with van der Waals surface area (Å²) in [5.74, 6) is 0.355. The number of phenols is 1. The van der Waals surface area contributed by atoms with Gasteiger partial charge in [-0.3, -0.25) is 4.79 Å². The first-order chi connectivity index (χ1) is 9.51. The number of anilines is 1. The predicted molar refractivity (Wildman–Crippen MR) is 81.3 cm³/mol. The number of nitrogens with one attached hydrogen (secondary N) is 1. The third-order valence-corrected chi connectivity index (χ3v) is 3.37. The van der Waals surface area contributed by atoms with Gasteiger partial charge in [-0.2, -0.15) is 0 Å². The van der Waals surface area contributed by atoms with Gasteiger partial charge in [0.15, 0.2) is 0 Å². The fourth-order valence-electron chi connectivity index (χ4n) is 2.23. The van der Waals surface area contributed by atoms with Crippen molar-refractivity contribution in [1.29, 1.82) is 0 Å². The molecule has 106 valence electrons. The molecular formula is C16H20N2O2. The van der Waals surface area contributed by atoms with E-state index in [0.29, 0.717) is 18.8 Å². The maximum atomic E-state index is 11.5. The van der Waals surface area contributed by atoms with Crippen molar-refractivity contribution >= 4 is 5.69 Å². The third kappa shape index (κ3) is 3.02. The first kappa shape index (κ1) is 14.2. The van der Waals surface area contributed by atoms with E-state index in [0.717, 1.165) is 22.4 Å². The van der Waals surface area contributed by atoms with E-state index < -0.39 is 0 Å². The Bertz CT molecular complexity index is 651. The van der Waals surface area contributed by atoms with E-state index in [1.165, 1.54) is 0 Å². The zero-order valence-corrected chi connectivity index (χ0v) is 12.1. The predicted octanol–water partition coefficient (Wildman–Crippen LogP) is 2.80. The number of pyridine rings is 1. The molecule has 0 fully saturated rings. The standard InChI is InChI=1S/C16H20N2O2/c1-4-18-10-14(5-6-15(18)19)17-9-13-7-11(2)16(20)12(3)8-13/h5-8,10,17,20H,4,9H2,1-3H3. The minimum Gasteiger partial charge on any atom is -0.507 e. The molecule has 0 bridgehead atoms. The minimum absolute atomic E-state index is 0.00868. The fraction of sp³-hybridized carbons (Fsp3) is 0.312. The summed E-state index contributed by atoms with van der Waals surface area (Å²) in [6, 6.07) is 7.28. The minimum atomic E-state index is 0.00868. The lowest BCUT2D eigenvalue weighted by Gasteiger charge is -2.11. The highest BCUT2D eigenvalue weighted by Gasteiger charge is 2.04. The molecule has 2 aromatic rings. The van der Waals surface area contributed by atoms with Gasteiger partial charge in [-0.05, 0) is 43.5 Å². The Kier molecular flexibility index (Phi) is 4.13. The number of hydrogen-bond acceptors (Lipinski definition) is 3. The molecule has 4 heteroatoms. The first-order valence-electron chi connectivity index (χ1n) is 6.74. The van der Waals surface area contributed by atoms with E-state index in [9.17, 15) is 9.90 Å². The van der Waals surface area contributed by atoms with Gasteiger partial charge in [0.2, 0.25) is 0 Å². The Morgan fingerprint density at radius 3 is 2.45 bits per heavy atom. The van der Waals surface area contributed by atoms with E-state index in [1.54, 1.807) is 16.7 Å². The number of phenolic OH excluding ortho intramolecular Hbond substituents is 1. The van der Waals surface area contributed by atoms with Gasteiger partial charge in [0, 0.05) is 25.4 Å².